The number of ether oxygens (including phenoxy) is 2. The van der Waals surface area contributed by atoms with Gasteiger partial charge in [0.25, 0.3) is 11.8 Å². The Hall–Kier alpha value is -4.24. The minimum absolute atomic E-state index is 0.0873. The zero-order valence-electron chi connectivity index (χ0n) is 18.0. The first-order valence-corrected chi connectivity index (χ1v) is 11.4. The Morgan fingerprint density at radius 2 is 1.82 bits per heavy atom. The van der Waals surface area contributed by atoms with E-state index < -0.39 is 17.8 Å². The van der Waals surface area contributed by atoms with E-state index in [2.05, 4.69) is 5.16 Å². The van der Waals surface area contributed by atoms with Crippen LogP contribution >= 0.6 is 11.3 Å². The second-order valence-corrected chi connectivity index (χ2v) is 8.32. The molecule has 3 heterocycles. The van der Waals surface area contributed by atoms with Crippen molar-refractivity contribution < 1.29 is 28.4 Å². The van der Waals surface area contributed by atoms with E-state index in [0.717, 1.165) is 9.78 Å². The number of benzene rings is 2. The van der Waals surface area contributed by atoms with Gasteiger partial charge in [-0.3, -0.25) is 9.59 Å². The highest BCUT2D eigenvalue weighted by Crippen LogP contribution is 2.30. The van der Waals surface area contributed by atoms with Crippen LogP contribution in [0.1, 0.15) is 43.7 Å². The van der Waals surface area contributed by atoms with E-state index in [1.807, 2.05) is 24.4 Å². The average molecular weight is 474 g/mol. The fourth-order valence-electron chi connectivity index (χ4n) is 3.60. The third-order valence-electron chi connectivity index (χ3n) is 5.20. The Morgan fingerprint density at radius 1 is 1.03 bits per heavy atom. The van der Waals surface area contributed by atoms with Crippen molar-refractivity contribution in [3.63, 3.8) is 0 Å². The highest BCUT2D eigenvalue weighted by atomic mass is 32.1. The zero-order valence-corrected chi connectivity index (χ0v) is 18.8. The number of imide groups is 1. The smallest absolute Gasteiger partial charge is 0.338 e. The Kier molecular flexibility index (Phi) is 5.69. The Morgan fingerprint density at radius 3 is 2.56 bits per heavy atom. The molecule has 5 rings (SSSR count). The number of anilines is 1. The molecule has 0 N–H and O–H groups in total. The van der Waals surface area contributed by atoms with Crippen LogP contribution in [-0.2, 0) is 11.3 Å². The van der Waals surface area contributed by atoms with Gasteiger partial charge in [0.1, 0.15) is 18.1 Å². The van der Waals surface area contributed by atoms with Crippen molar-refractivity contribution in [2.24, 2.45) is 0 Å². The molecule has 8 nitrogen and oxygen atoms in total. The van der Waals surface area contributed by atoms with Crippen LogP contribution in [0.25, 0.3) is 10.6 Å². The first-order valence-electron chi connectivity index (χ1n) is 10.5. The summed E-state index contributed by atoms with van der Waals surface area (Å²) in [6.45, 7) is 2.29. The number of amides is 2. The molecular formula is C25H18N2O6S. The highest BCUT2D eigenvalue weighted by molar-refractivity contribution is 7.13. The van der Waals surface area contributed by atoms with E-state index in [0.29, 0.717) is 29.5 Å². The molecule has 0 atom stereocenters. The molecule has 0 aliphatic carbocycles. The van der Waals surface area contributed by atoms with Gasteiger partial charge in [-0.1, -0.05) is 11.2 Å². The maximum atomic E-state index is 13.0. The minimum atomic E-state index is -0.636. The van der Waals surface area contributed by atoms with E-state index in [9.17, 15) is 14.4 Å². The third-order valence-corrected chi connectivity index (χ3v) is 6.09. The molecule has 34 heavy (non-hydrogen) atoms. The van der Waals surface area contributed by atoms with E-state index >= 15 is 0 Å². The van der Waals surface area contributed by atoms with Crippen LogP contribution in [0, 0.1) is 0 Å². The molecule has 0 unspecified atom stereocenters. The summed E-state index contributed by atoms with van der Waals surface area (Å²) in [5, 5.41) is 5.84. The number of rotatable bonds is 7. The van der Waals surface area contributed by atoms with Crippen molar-refractivity contribution in [2.45, 2.75) is 13.5 Å². The summed E-state index contributed by atoms with van der Waals surface area (Å²) in [6.07, 6.45) is 0. The lowest BCUT2D eigenvalue weighted by Gasteiger charge is -2.14. The van der Waals surface area contributed by atoms with Crippen LogP contribution in [0.5, 0.6) is 5.75 Å². The molecule has 2 aromatic carbocycles. The van der Waals surface area contributed by atoms with E-state index in [1.54, 1.807) is 30.3 Å². The summed E-state index contributed by atoms with van der Waals surface area (Å²) >= 11 is 1.51. The summed E-state index contributed by atoms with van der Waals surface area (Å²) in [5.41, 5.74) is 1.43. The molecule has 1 aliphatic heterocycles. The van der Waals surface area contributed by atoms with Crippen molar-refractivity contribution in [3.05, 3.63) is 88.4 Å². The van der Waals surface area contributed by atoms with Crippen LogP contribution in [-0.4, -0.2) is 29.5 Å². The molecule has 0 bridgehead atoms. The number of hydrogen-bond donors (Lipinski definition) is 0. The summed E-state index contributed by atoms with van der Waals surface area (Å²) in [6, 6.07) is 16.5. The Labute approximate surface area is 198 Å². The van der Waals surface area contributed by atoms with Crippen molar-refractivity contribution in [2.75, 3.05) is 11.5 Å². The van der Waals surface area contributed by atoms with Gasteiger partial charge in [-0.2, -0.15) is 0 Å². The molecule has 0 radical (unpaired) electrons. The van der Waals surface area contributed by atoms with Crippen molar-refractivity contribution in [1.29, 1.82) is 0 Å². The fraction of sp³-hybridized carbons (Fsp3) is 0.120. The molecule has 1 aliphatic rings. The van der Waals surface area contributed by atoms with E-state index in [4.69, 9.17) is 14.0 Å². The second-order valence-electron chi connectivity index (χ2n) is 7.37. The predicted octanol–water partition coefficient (Wildman–Crippen LogP) is 4.96. The molecule has 0 fully saturated rings. The van der Waals surface area contributed by atoms with Crippen molar-refractivity contribution >= 4 is 34.8 Å². The number of nitrogens with zero attached hydrogens (tertiary/aromatic N) is 2. The topological polar surface area (TPSA) is 98.9 Å². The molecule has 170 valence electrons. The van der Waals surface area contributed by atoms with Crippen LogP contribution in [0.4, 0.5) is 5.69 Å². The van der Waals surface area contributed by atoms with Gasteiger partial charge in [-0.05, 0) is 60.8 Å². The van der Waals surface area contributed by atoms with Gasteiger partial charge < -0.3 is 14.0 Å². The van der Waals surface area contributed by atoms with Crippen LogP contribution < -0.4 is 9.64 Å². The first kappa shape index (κ1) is 21.6. The number of hydrogen-bond acceptors (Lipinski definition) is 8. The number of aromatic nitrogens is 1. The number of carbonyl (C=O) groups is 3. The number of carbonyl (C=O) groups excluding carboxylic acids is 3. The lowest BCUT2D eigenvalue weighted by molar-refractivity contribution is 0.0464. The summed E-state index contributed by atoms with van der Waals surface area (Å²) < 4.78 is 16.0. The SMILES string of the molecule is CCOc1ccc(N2C(=O)c3ccc(C(=O)OCc4cc(-c5cccs5)on4)cc3C2=O)cc1. The largest absolute Gasteiger partial charge is 0.494 e. The maximum absolute atomic E-state index is 13.0. The van der Waals surface area contributed by atoms with Gasteiger partial charge in [-0.15, -0.1) is 11.3 Å². The van der Waals surface area contributed by atoms with E-state index in [-0.39, 0.29) is 23.3 Å². The van der Waals surface area contributed by atoms with Gasteiger partial charge in [0.15, 0.2) is 5.76 Å². The first-order chi connectivity index (χ1) is 16.5. The van der Waals surface area contributed by atoms with Crippen LogP contribution in [0.2, 0.25) is 0 Å². The van der Waals surface area contributed by atoms with Gasteiger partial charge >= 0.3 is 5.97 Å². The molecule has 2 aromatic heterocycles. The molecule has 4 aromatic rings. The standard InChI is InChI=1S/C25H18N2O6S/c1-2-31-18-8-6-17(7-9-18)27-23(28)19-10-5-15(12-20(19)24(27)29)25(30)32-14-16-13-21(33-26-16)22-4-3-11-34-22/h3-13H,2,14H2,1H3. The Bertz CT molecular complexity index is 1370. The number of esters is 1. The highest BCUT2D eigenvalue weighted by Gasteiger charge is 2.37. The fourth-order valence-corrected chi connectivity index (χ4v) is 4.27. The van der Waals surface area contributed by atoms with Gasteiger partial charge in [0.2, 0.25) is 0 Å². The second kappa shape index (κ2) is 8.95. The minimum Gasteiger partial charge on any atom is -0.494 e. The quantitative estimate of drug-likeness (QED) is 0.276. The van der Waals surface area contributed by atoms with Crippen LogP contribution in [0.15, 0.2) is 70.6 Å². The normalized spacial score (nSPS) is 12.7. The zero-order chi connectivity index (χ0) is 23.7. The molecule has 0 saturated heterocycles. The van der Waals surface area contributed by atoms with Gasteiger partial charge in [0.05, 0.1) is 33.9 Å². The lowest BCUT2D eigenvalue weighted by Crippen LogP contribution is -2.29. The summed E-state index contributed by atoms with van der Waals surface area (Å²) in [5.74, 6) is -0.355. The molecule has 9 heteroatoms. The monoisotopic (exact) mass is 474 g/mol. The van der Waals surface area contributed by atoms with Crippen LogP contribution in [0.3, 0.4) is 0 Å². The molecular weight excluding hydrogens is 456 g/mol. The number of thiophene rings is 1. The predicted molar refractivity (Wildman–Crippen MR) is 124 cm³/mol. The number of fused-ring (bicyclic) bond motifs is 1. The van der Waals surface area contributed by atoms with Crippen molar-refractivity contribution in [3.8, 4) is 16.4 Å². The van der Waals surface area contributed by atoms with E-state index in [1.165, 1.54) is 29.5 Å². The van der Waals surface area contributed by atoms with Gasteiger partial charge in [-0.25, -0.2) is 9.69 Å². The summed E-state index contributed by atoms with van der Waals surface area (Å²) in [4.78, 5) is 40.4. The molecule has 2 amide bonds. The van der Waals surface area contributed by atoms with Crippen molar-refractivity contribution in [1.82, 2.24) is 5.16 Å². The average Bonchev–Trinajstić information content (AvgIpc) is 3.59. The third kappa shape index (κ3) is 3.97. The Balaban J connectivity index is 1.29. The van der Waals surface area contributed by atoms with Gasteiger partial charge in [0, 0.05) is 6.07 Å². The summed E-state index contributed by atoms with van der Waals surface area (Å²) in [7, 11) is 0. The maximum Gasteiger partial charge on any atom is 0.338 e. The lowest BCUT2D eigenvalue weighted by atomic mass is 10.1. The molecule has 0 saturated carbocycles. The molecule has 0 spiro atoms.